The van der Waals surface area contributed by atoms with Gasteiger partial charge in [-0.05, 0) is 0 Å². The first-order valence-corrected chi connectivity index (χ1v) is 2.91. The van der Waals surface area contributed by atoms with Crippen LogP contribution in [0, 0.1) is 75.5 Å². The zero-order valence-electron chi connectivity index (χ0n) is 5.54. The summed E-state index contributed by atoms with van der Waals surface area (Å²) in [6.45, 7) is 4.46. The summed E-state index contributed by atoms with van der Waals surface area (Å²) in [5.74, 6) is 0. The zero-order valence-corrected chi connectivity index (χ0v) is 6.95. The van der Waals surface area contributed by atoms with Gasteiger partial charge in [-0.3, -0.25) is 0 Å². The van der Waals surface area contributed by atoms with Gasteiger partial charge in [0, 0.05) is 75.5 Å². The smallest absolute Gasteiger partial charge is 0 e. The predicted octanol–water partition coefficient (Wildman–Crippen LogP) is 2.59. The Kier molecular flexibility index (Phi) is 34.3. The first kappa shape index (κ1) is 16.9. The summed E-state index contributed by atoms with van der Waals surface area (Å²) in [6, 6.07) is 0. The third-order valence-electron chi connectivity index (χ3n) is 0.957. The fourth-order valence-corrected chi connectivity index (χ4v) is 0.500. The van der Waals surface area contributed by atoms with Gasteiger partial charge in [-0.25, -0.2) is 0 Å². The molecule has 0 aliphatic rings. The van der Waals surface area contributed by atoms with Gasteiger partial charge < -0.3 is 0 Å². The Bertz CT molecular complexity index is 18.5. The van der Waals surface area contributed by atoms with Crippen LogP contribution in [0.4, 0.5) is 0 Å². The Morgan fingerprint density at radius 2 is 1.00 bits per heavy atom. The summed E-state index contributed by atoms with van der Waals surface area (Å²) < 4.78 is 0. The van der Waals surface area contributed by atoms with Gasteiger partial charge in [-0.1, -0.05) is 39.5 Å². The molecule has 0 aliphatic carbocycles. The molecule has 0 aliphatic heterocycles. The van der Waals surface area contributed by atoms with E-state index in [1.165, 1.54) is 25.7 Å². The summed E-state index contributed by atoms with van der Waals surface area (Å²) in [5.41, 5.74) is 0. The standard InChI is InChI=1S/C6H14.2Ar/c1-3-5-6-4-2;;/h3-6H2,1-2H3;;. The molecule has 54 valence electrons. The average molecular weight is 166 g/mol. The van der Waals surface area contributed by atoms with Crippen LogP contribution >= 0.6 is 0 Å². The minimum atomic E-state index is 0. The van der Waals surface area contributed by atoms with Crippen molar-refractivity contribution in [3.05, 3.63) is 0 Å². The third kappa shape index (κ3) is 15.8. The second-order valence-corrected chi connectivity index (χ2v) is 1.71. The van der Waals surface area contributed by atoms with Gasteiger partial charge in [-0.15, -0.1) is 0 Å². The second-order valence-electron chi connectivity index (χ2n) is 1.71. The minimum Gasteiger partial charge on any atom is -0.0654 e. The van der Waals surface area contributed by atoms with Crippen LogP contribution in [-0.2, 0) is 0 Å². The monoisotopic (exact) mass is 166 g/mol. The van der Waals surface area contributed by atoms with Crippen molar-refractivity contribution >= 4 is 0 Å². The maximum absolute atomic E-state index is 2.23. The van der Waals surface area contributed by atoms with E-state index in [1.54, 1.807) is 0 Å². The van der Waals surface area contributed by atoms with E-state index in [1.807, 2.05) is 0 Å². The van der Waals surface area contributed by atoms with Crippen LogP contribution in [0.2, 0.25) is 0 Å². The summed E-state index contributed by atoms with van der Waals surface area (Å²) in [6.07, 6.45) is 5.54. The summed E-state index contributed by atoms with van der Waals surface area (Å²) in [5, 5.41) is 0. The van der Waals surface area contributed by atoms with E-state index in [-0.39, 0.29) is 75.5 Å². The van der Waals surface area contributed by atoms with E-state index in [2.05, 4.69) is 13.8 Å². The molecule has 0 N–H and O–H groups in total. The summed E-state index contributed by atoms with van der Waals surface area (Å²) in [7, 11) is 0. The van der Waals surface area contributed by atoms with Crippen molar-refractivity contribution in [1.29, 1.82) is 0 Å². The Hall–Kier alpha value is 2.52. The largest absolute Gasteiger partial charge is 0.0654 e. The predicted molar refractivity (Wildman–Crippen MR) is 29.8 cm³/mol. The van der Waals surface area contributed by atoms with Crippen molar-refractivity contribution in [2.45, 2.75) is 39.5 Å². The van der Waals surface area contributed by atoms with Crippen molar-refractivity contribution < 1.29 is 75.5 Å². The summed E-state index contributed by atoms with van der Waals surface area (Å²) in [4.78, 5) is 0. The molecule has 0 radical (unpaired) electrons. The maximum atomic E-state index is 2.23. The molecule has 0 aromatic heterocycles. The van der Waals surface area contributed by atoms with Gasteiger partial charge in [0.05, 0.1) is 0 Å². The van der Waals surface area contributed by atoms with Gasteiger partial charge >= 0.3 is 0 Å². The fourth-order valence-electron chi connectivity index (χ4n) is 0.500. The van der Waals surface area contributed by atoms with E-state index in [4.69, 9.17) is 0 Å². The number of hydrogen-bond acceptors (Lipinski definition) is 0. The van der Waals surface area contributed by atoms with E-state index in [0.717, 1.165) is 0 Å². The second kappa shape index (κ2) is 16.3. The molecule has 0 rings (SSSR count). The summed E-state index contributed by atoms with van der Waals surface area (Å²) >= 11 is 0. The molecule has 0 nitrogen and oxygen atoms in total. The fraction of sp³-hybridized carbons (Fsp3) is 1.00. The van der Waals surface area contributed by atoms with Crippen LogP contribution in [0.1, 0.15) is 39.5 Å². The molecule has 0 amide bonds. The molecule has 0 fully saturated rings. The van der Waals surface area contributed by atoms with Crippen molar-refractivity contribution in [1.82, 2.24) is 0 Å². The molecule has 0 atom stereocenters. The van der Waals surface area contributed by atoms with Gasteiger partial charge in [-0.2, -0.15) is 0 Å². The Morgan fingerprint density at radius 3 is 1.12 bits per heavy atom. The SMILES string of the molecule is CCCCCC.[Ar].[Ar]. The van der Waals surface area contributed by atoms with Crippen molar-refractivity contribution in [2.75, 3.05) is 0 Å². The van der Waals surface area contributed by atoms with Crippen molar-refractivity contribution in [3.8, 4) is 0 Å². The van der Waals surface area contributed by atoms with E-state index in [9.17, 15) is 0 Å². The van der Waals surface area contributed by atoms with Gasteiger partial charge in [0.25, 0.3) is 0 Å². The molecule has 0 aromatic carbocycles. The van der Waals surface area contributed by atoms with Crippen LogP contribution in [0.25, 0.3) is 0 Å². The van der Waals surface area contributed by atoms with Crippen LogP contribution in [0.5, 0.6) is 0 Å². The van der Waals surface area contributed by atoms with Gasteiger partial charge in [0.1, 0.15) is 0 Å². The third-order valence-corrected chi connectivity index (χ3v) is 0.957. The molecular weight excluding hydrogens is 152 g/mol. The molecule has 0 heterocycles. The van der Waals surface area contributed by atoms with Crippen LogP contribution < -0.4 is 0 Å². The molecule has 0 saturated heterocycles. The van der Waals surface area contributed by atoms with E-state index < -0.39 is 0 Å². The molecular formula is C6H14Ar2. The quantitative estimate of drug-likeness (QED) is 0.565. The normalized spacial score (nSPS) is 6.75. The topological polar surface area (TPSA) is 0 Å². The van der Waals surface area contributed by atoms with E-state index >= 15 is 0 Å². The van der Waals surface area contributed by atoms with E-state index in [0.29, 0.717) is 0 Å². The average Bonchev–Trinajstić information content (AvgIpc) is 1.61. The minimum absolute atomic E-state index is 0. The first-order valence-electron chi connectivity index (χ1n) is 2.91. The number of rotatable bonds is 3. The van der Waals surface area contributed by atoms with Crippen LogP contribution in [0.15, 0.2) is 0 Å². The first-order chi connectivity index (χ1) is 2.91. The van der Waals surface area contributed by atoms with Crippen LogP contribution in [-0.4, -0.2) is 0 Å². The number of hydrogen-bond donors (Lipinski definition) is 0. The molecule has 0 saturated carbocycles. The number of unbranched alkanes of at least 4 members (excludes halogenated alkanes) is 3. The molecule has 8 heavy (non-hydrogen) atoms. The molecule has 0 aromatic rings. The Balaban J connectivity index is -0.000000125. The molecule has 2 heteroatoms. The Labute approximate surface area is 113 Å². The molecule has 0 spiro atoms. The maximum Gasteiger partial charge on any atom is 0 e. The molecule has 0 bridgehead atoms. The molecule has 0 unspecified atom stereocenters. The van der Waals surface area contributed by atoms with Gasteiger partial charge in [0.2, 0.25) is 0 Å². The zero-order chi connectivity index (χ0) is 4.83. The van der Waals surface area contributed by atoms with Crippen molar-refractivity contribution in [2.24, 2.45) is 0 Å². The van der Waals surface area contributed by atoms with Crippen molar-refractivity contribution in [3.63, 3.8) is 0 Å². The van der Waals surface area contributed by atoms with Crippen LogP contribution in [0.3, 0.4) is 0 Å². The van der Waals surface area contributed by atoms with Gasteiger partial charge in [0.15, 0.2) is 0 Å². The Morgan fingerprint density at radius 1 is 0.750 bits per heavy atom.